The molecule has 0 bridgehead atoms. The van der Waals surface area contributed by atoms with E-state index in [2.05, 4.69) is 15.5 Å². The number of aromatic nitrogens is 2. The van der Waals surface area contributed by atoms with Crippen molar-refractivity contribution in [2.75, 3.05) is 5.88 Å². The first-order valence-electron chi connectivity index (χ1n) is 6.01. The normalized spacial score (nSPS) is 13.8. The second-order valence-electron chi connectivity index (χ2n) is 4.69. The van der Waals surface area contributed by atoms with Gasteiger partial charge in [0.2, 0.25) is 0 Å². The Bertz CT molecular complexity index is 567. The molecular formula is C14H16ClN3O. The zero-order chi connectivity index (χ0) is 13.9. The highest BCUT2D eigenvalue weighted by Crippen LogP contribution is 2.23. The van der Waals surface area contributed by atoms with Crippen LogP contribution in [0.25, 0.3) is 0 Å². The lowest BCUT2D eigenvalue weighted by Crippen LogP contribution is -2.45. The number of nitrogens with zero attached hydrogens (tertiary/aromatic N) is 1. The number of H-pyrrole nitrogens is 1. The van der Waals surface area contributed by atoms with Gasteiger partial charge in [-0.15, -0.1) is 11.6 Å². The molecule has 0 saturated carbocycles. The third-order valence-corrected chi connectivity index (χ3v) is 3.68. The predicted molar refractivity (Wildman–Crippen MR) is 75.3 cm³/mol. The number of alkyl halides is 1. The first-order valence-corrected chi connectivity index (χ1v) is 6.54. The Morgan fingerprint density at radius 3 is 2.63 bits per heavy atom. The van der Waals surface area contributed by atoms with E-state index < -0.39 is 5.54 Å². The lowest BCUT2D eigenvalue weighted by atomic mass is 9.93. The molecular weight excluding hydrogens is 262 g/mol. The van der Waals surface area contributed by atoms with E-state index in [1.54, 1.807) is 0 Å². The molecule has 0 saturated heterocycles. The highest BCUT2D eigenvalue weighted by atomic mass is 35.5. The van der Waals surface area contributed by atoms with Crippen molar-refractivity contribution in [2.45, 2.75) is 19.4 Å². The van der Waals surface area contributed by atoms with Crippen molar-refractivity contribution in [3.8, 4) is 0 Å². The van der Waals surface area contributed by atoms with Gasteiger partial charge in [0.15, 0.2) is 0 Å². The third kappa shape index (κ3) is 2.79. The number of amides is 1. The first-order chi connectivity index (χ1) is 9.07. The molecule has 0 aliphatic carbocycles. The fourth-order valence-electron chi connectivity index (χ4n) is 1.89. The highest BCUT2D eigenvalue weighted by Gasteiger charge is 2.28. The average Bonchev–Trinajstić information content (AvgIpc) is 2.86. The summed E-state index contributed by atoms with van der Waals surface area (Å²) in [6.45, 7) is 3.71. The summed E-state index contributed by atoms with van der Waals surface area (Å²) in [5.41, 5.74) is 1.64. The maximum atomic E-state index is 12.2. The molecule has 2 rings (SSSR count). The topological polar surface area (TPSA) is 57.8 Å². The van der Waals surface area contributed by atoms with Crippen molar-refractivity contribution in [1.29, 1.82) is 0 Å². The van der Waals surface area contributed by atoms with Crippen molar-refractivity contribution >= 4 is 17.5 Å². The van der Waals surface area contributed by atoms with Gasteiger partial charge in [0.05, 0.1) is 17.3 Å². The molecule has 0 fully saturated rings. The van der Waals surface area contributed by atoms with E-state index in [0.29, 0.717) is 11.4 Å². The van der Waals surface area contributed by atoms with Crippen LogP contribution in [0.3, 0.4) is 0 Å². The number of carbonyl (C=O) groups excluding carboxylic acids is 1. The molecule has 100 valence electrons. The molecule has 1 atom stereocenters. The Hall–Kier alpha value is -1.81. The molecule has 1 amide bonds. The summed E-state index contributed by atoms with van der Waals surface area (Å²) in [6, 6.07) is 9.68. The van der Waals surface area contributed by atoms with Crippen LogP contribution < -0.4 is 5.32 Å². The number of benzene rings is 1. The Balaban J connectivity index is 2.25. The van der Waals surface area contributed by atoms with E-state index in [0.717, 1.165) is 11.3 Å². The molecule has 1 aromatic carbocycles. The molecule has 0 radical (unpaired) electrons. The molecule has 4 nitrogen and oxygen atoms in total. The van der Waals surface area contributed by atoms with Gasteiger partial charge < -0.3 is 5.32 Å². The van der Waals surface area contributed by atoms with Crippen LogP contribution in [0.2, 0.25) is 0 Å². The first kappa shape index (κ1) is 13.6. The van der Waals surface area contributed by atoms with Crippen LogP contribution in [0.5, 0.6) is 0 Å². The van der Waals surface area contributed by atoms with Crippen molar-refractivity contribution in [3.05, 3.63) is 53.3 Å². The summed E-state index contributed by atoms with van der Waals surface area (Å²) in [4.78, 5) is 12.2. The van der Waals surface area contributed by atoms with Crippen LogP contribution in [-0.4, -0.2) is 22.0 Å². The molecule has 1 heterocycles. The molecule has 1 aromatic heterocycles. The van der Waals surface area contributed by atoms with Crippen LogP contribution in [0.4, 0.5) is 0 Å². The minimum Gasteiger partial charge on any atom is -0.341 e. The van der Waals surface area contributed by atoms with Crippen LogP contribution in [0.1, 0.15) is 28.5 Å². The lowest BCUT2D eigenvalue weighted by Gasteiger charge is -2.29. The van der Waals surface area contributed by atoms with Gasteiger partial charge in [-0.05, 0) is 19.4 Å². The number of carbonyl (C=O) groups is 1. The summed E-state index contributed by atoms with van der Waals surface area (Å²) in [5, 5.41) is 9.57. The molecule has 19 heavy (non-hydrogen) atoms. The molecule has 0 aliphatic rings. The monoisotopic (exact) mass is 277 g/mol. The van der Waals surface area contributed by atoms with E-state index in [1.165, 1.54) is 6.20 Å². The van der Waals surface area contributed by atoms with Crippen molar-refractivity contribution < 1.29 is 4.79 Å². The molecule has 5 heteroatoms. The Kier molecular flexibility index (Phi) is 3.90. The maximum absolute atomic E-state index is 12.2. The predicted octanol–water partition coefficient (Wildman–Crippen LogP) is 2.60. The van der Waals surface area contributed by atoms with Gasteiger partial charge in [-0.3, -0.25) is 9.89 Å². The van der Waals surface area contributed by atoms with E-state index >= 15 is 0 Å². The van der Waals surface area contributed by atoms with Crippen LogP contribution >= 0.6 is 11.6 Å². The van der Waals surface area contributed by atoms with E-state index in [9.17, 15) is 4.79 Å². The second-order valence-corrected chi connectivity index (χ2v) is 4.96. The van der Waals surface area contributed by atoms with Crippen molar-refractivity contribution in [3.63, 3.8) is 0 Å². The molecule has 0 aliphatic heterocycles. The van der Waals surface area contributed by atoms with Gasteiger partial charge in [-0.25, -0.2) is 0 Å². The number of aryl methyl sites for hydroxylation is 1. The number of rotatable bonds is 4. The van der Waals surface area contributed by atoms with Crippen molar-refractivity contribution in [1.82, 2.24) is 15.5 Å². The Morgan fingerprint density at radius 1 is 1.42 bits per heavy atom. The van der Waals surface area contributed by atoms with Gasteiger partial charge >= 0.3 is 0 Å². The number of hydrogen-bond acceptors (Lipinski definition) is 2. The van der Waals surface area contributed by atoms with Crippen molar-refractivity contribution in [2.24, 2.45) is 0 Å². The Morgan fingerprint density at radius 2 is 2.11 bits per heavy atom. The summed E-state index contributed by atoms with van der Waals surface area (Å²) in [7, 11) is 0. The smallest absolute Gasteiger partial charge is 0.255 e. The summed E-state index contributed by atoms with van der Waals surface area (Å²) in [5.74, 6) is 0.109. The lowest BCUT2D eigenvalue weighted by molar-refractivity contribution is 0.0912. The van der Waals surface area contributed by atoms with E-state index in [1.807, 2.05) is 44.2 Å². The molecule has 1 unspecified atom stereocenters. The minimum absolute atomic E-state index is 0.182. The van der Waals surface area contributed by atoms with E-state index in [4.69, 9.17) is 11.6 Å². The molecule has 2 aromatic rings. The zero-order valence-electron chi connectivity index (χ0n) is 10.9. The Labute approximate surface area is 117 Å². The highest BCUT2D eigenvalue weighted by molar-refractivity contribution is 6.19. The largest absolute Gasteiger partial charge is 0.341 e. The van der Waals surface area contributed by atoms with Gasteiger partial charge in [0, 0.05) is 11.6 Å². The van der Waals surface area contributed by atoms with Gasteiger partial charge in [-0.1, -0.05) is 30.3 Å². The zero-order valence-corrected chi connectivity index (χ0v) is 11.7. The quantitative estimate of drug-likeness (QED) is 0.844. The summed E-state index contributed by atoms with van der Waals surface area (Å²) >= 11 is 6.05. The standard InChI is InChI=1S/C14H16ClN3O/c1-10-12(8-16-18-10)13(19)17-14(2,9-15)11-6-4-3-5-7-11/h3-8H,9H2,1-2H3,(H,16,18)(H,17,19). The van der Waals surface area contributed by atoms with Gasteiger partial charge in [-0.2, -0.15) is 5.10 Å². The van der Waals surface area contributed by atoms with Gasteiger partial charge in [0.1, 0.15) is 0 Å². The summed E-state index contributed by atoms with van der Waals surface area (Å²) in [6.07, 6.45) is 1.52. The minimum atomic E-state index is -0.608. The fraction of sp³-hybridized carbons (Fsp3) is 0.286. The van der Waals surface area contributed by atoms with E-state index in [-0.39, 0.29) is 5.91 Å². The third-order valence-electron chi connectivity index (χ3n) is 3.14. The number of aromatic amines is 1. The number of halogens is 1. The van der Waals surface area contributed by atoms with Crippen LogP contribution in [0.15, 0.2) is 36.5 Å². The molecule has 0 spiro atoms. The van der Waals surface area contributed by atoms with Crippen LogP contribution in [0, 0.1) is 6.92 Å². The fourth-order valence-corrected chi connectivity index (χ4v) is 2.11. The SMILES string of the molecule is Cc1[nH]ncc1C(=O)NC(C)(CCl)c1ccccc1. The maximum Gasteiger partial charge on any atom is 0.255 e. The average molecular weight is 278 g/mol. The molecule has 2 N–H and O–H groups in total. The van der Waals surface area contributed by atoms with Crippen LogP contribution in [-0.2, 0) is 5.54 Å². The summed E-state index contributed by atoms with van der Waals surface area (Å²) < 4.78 is 0. The number of hydrogen-bond donors (Lipinski definition) is 2. The number of nitrogens with one attached hydrogen (secondary N) is 2. The van der Waals surface area contributed by atoms with Gasteiger partial charge in [0.25, 0.3) is 5.91 Å². The second kappa shape index (κ2) is 5.45.